The van der Waals surface area contributed by atoms with Crippen molar-refractivity contribution in [3.63, 3.8) is 0 Å². The smallest absolute Gasteiger partial charge is 0.340 e. The number of carbonyl (C=O) groups is 1. The highest BCUT2D eigenvalue weighted by Crippen LogP contribution is 2.18. The van der Waals surface area contributed by atoms with E-state index in [2.05, 4.69) is 15.9 Å². The number of benzene rings is 1. The third-order valence-corrected chi connectivity index (χ3v) is 2.12. The summed E-state index contributed by atoms with van der Waals surface area (Å²) in [5, 5.41) is 4.78. The quantitative estimate of drug-likeness (QED) is 0.514. The Kier molecular flexibility index (Phi) is 2.14. The molecule has 74 valence electrons. The van der Waals surface area contributed by atoms with Gasteiger partial charge in [-0.3, -0.25) is 0 Å². The minimum absolute atomic E-state index is 0.419. The van der Waals surface area contributed by atoms with Crippen LogP contribution in [-0.4, -0.2) is 22.9 Å². The number of nitrogens with zero attached hydrogens (tertiary/aromatic N) is 2. The number of methoxy groups -OCH3 is 1. The summed E-state index contributed by atoms with van der Waals surface area (Å²) in [7, 11) is 1.33. The SMILES string of the molecule is C#Cn1ncc2cccc(C(=O)OC)c21. The molecule has 0 saturated heterocycles. The molecule has 0 fully saturated rings. The monoisotopic (exact) mass is 200 g/mol. The van der Waals surface area contributed by atoms with E-state index in [4.69, 9.17) is 6.42 Å². The minimum Gasteiger partial charge on any atom is -0.465 e. The number of hydrogen-bond acceptors (Lipinski definition) is 3. The van der Waals surface area contributed by atoms with E-state index in [0.29, 0.717) is 11.1 Å². The van der Waals surface area contributed by atoms with Crippen LogP contribution in [0.2, 0.25) is 0 Å². The highest BCUT2D eigenvalue weighted by Gasteiger charge is 2.13. The second kappa shape index (κ2) is 3.46. The second-order valence-corrected chi connectivity index (χ2v) is 2.92. The summed E-state index contributed by atoms with van der Waals surface area (Å²) in [5.74, 6) is -0.419. The van der Waals surface area contributed by atoms with Crippen LogP contribution in [0.1, 0.15) is 10.4 Å². The molecule has 0 spiro atoms. The van der Waals surface area contributed by atoms with Crippen molar-refractivity contribution >= 4 is 16.9 Å². The summed E-state index contributed by atoms with van der Waals surface area (Å²) in [6.07, 6.45) is 6.88. The highest BCUT2D eigenvalue weighted by molar-refractivity contribution is 6.03. The van der Waals surface area contributed by atoms with E-state index in [1.54, 1.807) is 18.3 Å². The van der Waals surface area contributed by atoms with Gasteiger partial charge in [0.25, 0.3) is 0 Å². The van der Waals surface area contributed by atoms with Crippen LogP contribution >= 0.6 is 0 Å². The fraction of sp³-hybridized carbons (Fsp3) is 0.0909. The van der Waals surface area contributed by atoms with Crippen LogP contribution in [-0.2, 0) is 4.74 Å². The number of aromatic nitrogens is 2. The number of terminal acetylenes is 1. The van der Waals surface area contributed by atoms with Crippen molar-refractivity contribution in [1.82, 2.24) is 9.78 Å². The molecule has 0 amide bonds. The van der Waals surface area contributed by atoms with Crippen LogP contribution in [0.4, 0.5) is 0 Å². The summed E-state index contributed by atoms with van der Waals surface area (Å²) in [5.41, 5.74) is 1.03. The Morgan fingerprint density at radius 1 is 1.60 bits per heavy atom. The molecule has 0 saturated carbocycles. The van der Waals surface area contributed by atoms with Gasteiger partial charge in [-0.2, -0.15) is 9.78 Å². The Morgan fingerprint density at radius 2 is 2.40 bits per heavy atom. The number of carbonyl (C=O) groups excluding carboxylic acids is 1. The summed E-state index contributed by atoms with van der Waals surface area (Å²) in [4.78, 5) is 11.5. The molecule has 0 unspecified atom stereocenters. The summed E-state index contributed by atoms with van der Waals surface area (Å²) < 4.78 is 5.99. The maximum Gasteiger partial charge on any atom is 0.340 e. The zero-order valence-corrected chi connectivity index (χ0v) is 8.10. The van der Waals surface area contributed by atoms with E-state index in [1.807, 2.05) is 6.07 Å². The fourth-order valence-electron chi connectivity index (χ4n) is 1.45. The maximum atomic E-state index is 11.5. The largest absolute Gasteiger partial charge is 0.465 e. The lowest BCUT2D eigenvalue weighted by molar-refractivity contribution is 0.0602. The molecule has 15 heavy (non-hydrogen) atoms. The van der Waals surface area contributed by atoms with E-state index < -0.39 is 5.97 Å². The van der Waals surface area contributed by atoms with Crippen LogP contribution < -0.4 is 0 Å². The number of fused-ring (bicyclic) bond motifs is 1. The third kappa shape index (κ3) is 1.34. The molecule has 1 aromatic heterocycles. The molecule has 2 rings (SSSR count). The minimum atomic E-state index is -0.419. The molecule has 0 aliphatic heterocycles. The highest BCUT2D eigenvalue weighted by atomic mass is 16.5. The van der Waals surface area contributed by atoms with Gasteiger partial charge in [0, 0.05) is 11.4 Å². The van der Waals surface area contributed by atoms with Gasteiger partial charge in [0.05, 0.1) is 24.4 Å². The summed E-state index contributed by atoms with van der Waals surface area (Å²) >= 11 is 0. The van der Waals surface area contributed by atoms with Gasteiger partial charge < -0.3 is 4.74 Å². The third-order valence-electron chi connectivity index (χ3n) is 2.12. The standard InChI is InChI=1S/C11H8N2O2/c1-3-13-10-8(7-12-13)5-4-6-9(10)11(14)15-2/h1,4-7H,2H3. The molecule has 0 aliphatic carbocycles. The van der Waals surface area contributed by atoms with Crippen molar-refractivity contribution in [1.29, 1.82) is 0 Å². The van der Waals surface area contributed by atoms with E-state index in [9.17, 15) is 4.79 Å². The molecule has 0 aliphatic rings. The normalized spacial score (nSPS) is 9.87. The lowest BCUT2D eigenvalue weighted by atomic mass is 10.1. The van der Waals surface area contributed by atoms with Gasteiger partial charge in [0.15, 0.2) is 0 Å². The zero-order valence-electron chi connectivity index (χ0n) is 8.10. The fourth-order valence-corrected chi connectivity index (χ4v) is 1.45. The maximum absolute atomic E-state index is 11.5. The lowest BCUT2D eigenvalue weighted by Crippen LogP contribution is -2.04. The Balaban J connectivity index is 2.79. The van der Waals surface area contributed by atoms with Crippen molar-refractivity contribution in [3.8, 4) is 12.5 Å². The first-order valence-electron chi connectivity index (χ1n) is 4.29. The molecule has 0 atom stereocenters. The van der Waals surface area contributed by atoms with Crippen molar-refractivity contribution in [3.05, 3.63) is 30.0 Å². The predicted molar refractivity (Wildman–Crippen MR) is 55.3 cm³/mol. The molecule has 2 aromatic rings. The van der Waals surface area contributed by atoms with Crippen molar-refractivity contribution in [2.45, 2.75) is 0 Å². The van der Waals surface area contributed by atoms with E-state index in [-0.39, 0.29) is 0 Å². The average Bonchev–Trinajstić information content (AvgIpc) is 2.70. The van der Waals surface area contributed by atoms with Crippen molar-refractivity contribution < 1.29 is 9.53 Å². The molecular weight excluding hydrogens is 192 g/mol. The van der Waals surface area contributed by atoms with E-state index >= 15 is 0 Å². The Hall–Kier alpha value is -2.28. The topological polar surface area (TPSA) is 44.1 Å². The van der Waals surface area contributed by atoms with Gasteiger partial charge in [-0.1, -0.05) is 18.6 Å². The Bertz CT molecular complexity index is 563. The molecule has 1 heterocycles. The summed E-state index contributed by atoms with van der Waals surface area (Å²) in [6, 6.07) is 7.62. The average molecular weight is 200 g/mol. The van der Waals surface area contributed by atoms with Crippen LogP contribution in [0.25, 0.3) is 10.9 Å². The van der Waals surface area contributed by atoms with Crippen LogP contribution in [0.5, 0.6) is 0 Å². The Morgan fingerprint density at radius 3 is 3.07 bits per heavy atom. The van der Waals surface area contributed by atoms with Crippen LogP contribution in [0.3, 0.4) is 0 Å². The van der Waals surface area contributed by atoms with Gasteiger partial charge in [-0.15, -0.1) is 0 Å². The van der Waals surface area contributed by atoms with Gasteiger partial charge in [0.2, 0.25) is 0 Å². The Labute approximate surface area is 86.5 Å². The number of ether oxygens (including phenoxy) is 1. The zero-order chi connectivity index (χ0) is 10.8. The number of para-hydroxylation sites is 1. The predicted octanol–water partition coefficient (Wildman–Crippen LogP) is 1.26. The number of hydrogen-bond donors (Lipinski definition) is 0. The van der Waals surface area contributed by atoms with Crippen LogP contribution in [0, 0.1) is 12.5 Å². The number of esters is 1. The molecular formula is C11H8N2O2. The van der Waals surface area contributed by atoms with Gasteiger partial charge >= 0.3 is 5.97 Å². The lowest BCUT2D eigenvalue weighted by Gasteiger charge is -2.01. The van der Waals surface area contributed by atoms with Gasteiger partial charge in [-0.05, 0) is 6.07 Å². The first-order valence-corrected chi connectivity index (χ1v) is 4.29. The van der Waals surface area contributed by atoms with Gasteiger partial charge in [0.1, 0.15) is 0 Å². The molecule has 0 radical (unpaired) electrons. The van der Waals surface area contributed by atoms with Crippen LogP contribution in [0.15, 0.2) is 24.4 Å². The second-order valence-electron chi connectivity index (χ2n) is 2.92. The molecule has 0 N–H and O–H groups in total. The van der Waals surface area contributed by atoms with Gasteiger partial charge in [-0.25, -0.2) is 4.79 Å². The molecule has 4 nitrogen and oxygen atoms in total. The van der Waals surface area contributed by atoms with Crippen molar-refractivity contribution in [2.75, 3.05) is 7.11 Å². The van der Waals surface area contributed by atoms with E-state index in [1.165, 1.54) is 11.8 Å². The summed E-state index contributed by atoms with van der Waals surface area (Å²) in [6.45, 7) is 0. The molecule has 4 heteroatoms. The molecule has 1 aromatic carbocycles. The van der Waals surface area contributed by atoms with Crippen molar-refractivity contribution in [2.24, 2.45) is 0 Å². The first-order chi connectivity index (χ1) is 7.27. The number of rotatable bonds is 1. The first kappa shape index (κ1) is 9.28. The van der Waals surface area contributed by atoms with E-state index in [0.717, 1.165) is 5.39 Å². The molecule has 0 bridgehead atoms.